The first-order valence-electron chi connectivity index (χ1n) is 13.7. The Morgan fingerprint density at radius 3 is 2.52 bits per heavy atom. The Morgan fingerprint density at radius 2 is 1.80 bits per heavy atom. The zero-order valence-corrected chi connectivity index (χ0v) is 28.5. The second kappa shape index (κ2) is 14.9. The number of hydrogen-bond acceptors (Lipinski definition) is 6. The molecule has 1 heterocycles. The quantitative estimate of drug-likeness (QED) is 0.213. The predicted molar refractivity (Wildman–Crippen MR) is 163 cm³/mol. The molecule has 0 unspecified atom stereocenters. The van der Waals surface area contributed by atoms with Gasteiger partial charge in [0.1, 0.15) is 0 Å². The third-order valence-corrected chi connectivity index (χ3v) is 9.10. The first-order chi connectivity index (χ1) is 20.6. The molecule has 9 nitrogen and oxygen atoms in total. The van der Waals surface area contributed by atoms with Gasteiger partial charge in [0, 0.05) is 34.3 Å². The summed E-state index contributed by atoms with van der Waals surface area (Å²) in [7, 11) is -3.60. The minimum absolute atomic E-state index is 0. The number of benzene rings is 3. The van der Waals surface area contributed by atoms with Crippen LogP contribution in [0.2, 0.25) is 10.0 Å². The minimum atomic E-state index is -3.60. The third kappa shape index (κ3) is 7.74. The summed E-state index contributed by atoms with van der Waals surface area (Å²) in [5.41, 5.74) is 6.15. The molecule has 13 heteroatoms. The Bertz CT molecular complexity index is 1660. The van der Waals surface area contributed by atoms with E-state index in [1.54, 1.807) is 71.6 Å². The number of carbonyl (C=O) groups excluding carboxylic acids is 3. The van der Waals surface area contributed by atoms with Gasteiger partial charge in [0.05, 0.1) is 30.4 Å². The van der Waals surface area contributed by atoms with Gasteiger partial charge in [0.15, 0.2) is 0 Å². The van der Waals surface area contributed by atoms with E-state index in [0.717, 1.165) is 19.1 Å². The van der Waals surface area contributed by atoms with Crippen LogP contribution in [0.1, 0.15) is 70.3 Å². The van der Waals surface area contributed by atoms with Gasteiger partial charge >= 0.3 is 29.6 Å². The van der Waals surface area contributed by atoms with Gasteiger partial charge in [0.25, 0.3) is 5.91 Å². The predicted octanol–water partition coefficient (Wildman–Crippen LogP) is 2.63. The molecule has 0 aromatic heterocycles. The summed E-state index contributed by atoms with van der Waals surface area (Å²) in [4.78, 5) is 46.4. The van der Waals surface area contributed by atoms with Crippen LogP contribution in [-0.2, 0) is 31.1 Å². The van der Waals surface area contributed by atoms with E-state index in [0.29, 0.717) is 45.7 Å². The molecular formula is C31H29Cl2N3NaO6S-. The molecule has 2 aliphatic rings. The second-order valence-corrected chi connectivity index (χ2v) is 13.4. The summed E-state index contributed by atoms with van der Waals surface area (Å²) in [6.07, 6.45) is 5.49. The molecule has 0 saturated heterocycles. The van der Waals surface area contributed by atoms with Crippen LogP contribution >= 0.6 is 23.2 Å². The zero-order valence-electron chi connectivity index (χ0n) is 24.2. The Hall–Kier alpha value is -2.28. The maximum atomic E-state index is 14.3. The van der Waals surface area contributed by atoms with E-state index in [1.165, 1.54) is 0 Å². The maximum Gasteiger partial charge on any atom is 1.00 e. The smallest absolute Gasteiger partial charge is 0.530 e. The molecule has 1 saturated carbocycles. The number of sulfonamides is 1. The van der Waals surface area contributed by atoms with Crippen molar-refractivity contribution < 1.29 is 57.2 Å². The molecule has 3 aromatic rings. The van der Waals surface area contributed by atoms with Crippen LogP contribution in [0.5, 0.6) is 0 Å². The molecule has 226 valence electrons. The van der Waals surface area contributed by atoms with E-state index in [1.807, 2.05) is 6.29 Å². The van der Waals surface area contributed by atoms with Crippen LogP contribution in [-0.4, -0.2) is 49.8 Å². The molecule has 4 atom stereocenters. The van der Waals surface area contributed by atoms with Gasteiger partial charge in [-0.2, -0.15) is 17.7 Å². The number of amides is 2. The molecule has 2 amide bonds. The normalized spacial score (nSPS) is 21.6. The van der Waals surface area contributed by atoms with Gasteiger partial charge in [-0.3, -0.25) is 4.79 Å². The largest absolute Gasteiger partial charge is 1.00 e. The van der Waals surface area contributed by atoms with Crippen LogP contribution in [0, 0.1) is 0 Å². The minimum Gasteiger partial charge on any atom is -0.530 e. The first-order valence-corrected chi connectivity index (χ1v) is 16.4. The van der Waals surface area contributed by atoms with Crippen molar-refractivity contribution in [3.63, 3.8) is 0 Å². The molecule has 5 rings (SSSR count). The van der Waals surface area contributed by atoms with Crippen molar-refractivity contribution >= 4 is 51.3 Å². The van der Waals surface area contributed by atoms with Crippen molar-refractivity contribution in [2.75, 3.05) is 6.26 Å². The van der Waals surface area contributed by atoms with Crippen LogP contribution in [0.25, 0.3) is 5.48 Å². The summed E-state index contributed by atoms with van der Waals surface area (Å²) < 4.78 is 27.4. The van der Waals surface area contributed by atoms with Crippen molar-refractivity contribution in [1.29, 1.82) is 0 Å². The summed E-state index contributed by atoms with van der Waals surface area (Å²) in [5, 5.41) is 0.626. The van der Waals surface area contributed by atoms with E-state index < -0.39 is 40.0 Å². The first kappa shape index (κ1) is 34.6. The van der Waals surface area contributed by atoms with E-state index in [4.69, 9.17) is 28.0 Å². The van der Waals surface area contributed by atoms with Crippen LogP contribution < -0.4 is 34.3 Å². The number of nitrogens with zero attached hydrogens (tertiary/aromatic N) is 2. The Balaban J connectivity index is 0.00000442. The molecule has 1 aliphatic carbocycles. The SMILES string of the molecule is CS(=O)(=O)N[C@@H]1CCCC[C@H]1N1C(=O)c2ccccc2[C@H](C(=O)[N-]OCc2cccc([C-]=O)c2)[C@H]1c1ccc(Cl)cc1Cl.[Na+]. The average molecular weight is 666 g/mol. The summed E-state index contributed by atoms with van der Waals surface area (Å²) in [6.45, 7) is -0.0758. The fourth-order valence-electron chi connectivity index (χ4n) is 6.06. The summed E-state index contributed by atoms with van der Waals surface area (Å²) >= 11 is 13.0. The standard InChI is InChI=1S/C31H30Cl2N3O6S.Na/c1-43(40,41)35-26-11-4-5-12-27(26)36-29(24-14-13-21(32)16-25(24)33)28(22-9-2-3-10-23(22)31(36)39)30(38)34-42-18-20-8-6-7-19(15-20)17-37;/h2-3,6-10,13-16,26-29,35H,4-5,11-12,18H2,1H3,(H,34,38);/q-1;+1/p-1/t26-,27-,28+,29-;/m1./s1. The molecule has 3 aromatic carbocycles. The van der Waals surface area contributed by atoms with Crippen LogP contribution in [0.15, 0.2) is 66.7 Å². The second-order valence-electron chi connectivity index (χ2n) is 10.7. The molecule has 0 spiro atoms. The Labute approximate surface area is 288 Å². The summed E-state index contributed by atoms with van der Waals surface area (Å²) in [6, 6.07) is 16.1. The molecular weight excluding hydrogens is 636 g/mol. The fourth-order valence-corrected chi connectivity index (χ4v) is 7.41. The van der Waals surface area contributed by atoms with Crippen molar-refractivity contribution in [3.05, 3.63) is 110 Å². The number of nitrogens with one attached hydrogen (secondary N) is 1. The molecule has 44 heavy (non-hydrogen) atoms. The maximum absolute atomic E-state index is 14.3. The zero-order chi connectivity index (χ0) is 30.7. The average Bonchev–Trinajstić information content (AvgIpc) is 2.97. The fraction of sp³-hybridized carbons (Fsp3) is 0.323. The third-order valence-electron chi connectivity index (χ3n) is 7.81. The number of carbonyl (C=O) groups is 2. The Morgan fingerprint density at radius 1 is 1.05 bits per heavy atom. The van der Waals surface area contributed by atoms with E-state index in [9.17, 15) is 22.8 Å². The number of hydroxylamine groups is 1. The number of halogens is 2. The van der Waals surface area contributed by atoms with Crippen LogP contribution in [0.4, 0.5) is 0 Å². The molecule has 1 N–H and O–H groups in total. The number of rotatable bonds is 9. The topological polar surface area (TPSA) is 124 Å². The van der Waals surface area contributed by atoms with Crippen LogP contribution in [0.3, 0.4) is 0 Å². The Kier molecular flexibility index (Phi) is 11.7. The van der Waals surface area contributed by atoms with Gasteiger partial charge < -0.3 is 24.8 Å². The van der Waals surface area contributed by atoms with Gasteiger partial charge in [0.2, 0.25) is 10.0 Å². The molecule has 1 aliphatic heterocycles. The van der Waals surface area contributed by atoms with Gasteiger partial charge in [-0.05, 0) is 42.2 Å². The van der Waals surface area contributed by atoms with E-state index in [-0.39, 0.29) is 47.1 Å². The molecule has 0 radical (unpaired) electrons. The van der Waals surface area contributed by atoms with Crippen molar-refractivity contribution in [3.8, 4) is 0 Å². The van der Waals surface area contributed by atoms with Gasteiger partial charge in [-0.15, -0.1) is 6.07 Å². The summed E-state index contributed by atoms with van der Waals surface area (Å²) in [5.74, 6) is -2.02. The molecule has 0 bridgehead atoms. The van der Waals surface area contributed by atoms with E-state index >= 15 is 0 Å². The number of hydrogen-bond donors (Lipinski definition) is 1. The van der Waals surface area contributed by atoms with E-state index in [2.05, 4.69) is 10.2 Å². The van der Waals surface area contributed by atoms with Gasteiger partial charge in [-0.25, -0.2) is 13.1 Å². The van der Waals surface area contributed by atoms with Crippen molar-refractivity contribution in [2.24, 2.45) is 0 Å². The van der Waals surface area contributed by atoms with Gasteiger partial charge in [-0.1, -0.05) is 71.9 Å². The monoisotopic (exact) mass is 664 g/mol. The van der Waals surface area contributed by atoms with Crippen molar-refractivity contribution in [1.82, 2.24) is 9.62 Å². The molecule has 1 fully saturated rings. The number of fused-ring (bicyclic) bond motifs is 1. The van der Waals surface area contributed by atoms with Crippen molar-refractivity contribution in [2.45, 2.75) is 56.3 Å².